The molecule has 1 aromatic heterocycles. The maximum Gasteiger partial charge on any atom is 0.252 e. The van der Waals surface area contributed by atoms with Crippen molar-refractivity contribution in [2.24, 2.45) is 0 Å². The lowest BCUT2D eigenvalue weighted by Gasteiger charge is -2.20. The van der Waals surface area contributed by atoms with Gasteiger partial charge < -0.3 is 9.73 Å². The van der Waals surface area contributed by atoms with Gasteiger partial charge in [0.05, 0.1) is 0 Å². The second-order valence-electron chi connectivity index (χ2n) is 8.57. The van der Waals surface area contributed by atoms with Crippen molar-refractivity contribution in [3.05, 3.63) is 106 Å². The van der Waals surface area contributed by atoms with Gasteiger partial charge in [0.25, 0.3) is 5.91 Å². The van der Waals surface area contributed by atoms with E-state index >= 15 is 0 Å². The zero-order valence-electron chi connectivity index (χ0n) is 18.2. The zero-order valence-corrected chi connectivity index (χ0v) is 18.9. The average Bonchev–Trinajstić information content (AvgIpc) is 3.28. The summed E-state index contributed by atoms with van der Waals surface area (Å²) >= 11 is 6.45. The molecular weight excluding hydrogens is 422 g/mol. The summed E-state index contributed by atoms with van der Waals surface area (Å²) in [5.74, 6) is 0.382. The van der Waals surface area contributed by atoms with Gasteiger partial charge in [-0.1, -0.05) is 80.9 Å². The summed E-state index contributed by atoms with van der Waals surface area (Å²) in [5, 5.41) is 11.9. The molecule has 4 aromatic rings. The van der Waals surface area contributed by atoms with Crippen LogP contribution < -0.4 is 5.32 Å². The van der Waals surface area contributed by atoms with Crippen LogP contribution in [0.15, 0.2) is 83.3 Å². The van der Waals surface area contributed by atoms with E-state index in [-0.39, 0.29) is 17.2 Å². The van der Waals surface area contributed by atoms with Crippen molar-refractivity contribution < 1.29 is 9.21 Å². The number of benzene rings is 3. The molecule has 1 atom stereocenters. The fraction of sp³-hybridized carbons (Fsp3) is 0.192. The number of carbonyl (C=O) groups is 1. The van der Waals surface area contributed by atoms with Crippen molar-refractivity contribution in [3.63, 3.8) is 0 Å². The van der Waals surface area contributed by atoms with Crippen molar-refractivity contribution in [2.75, 3.05) is 0 Å². The molecule has 1 heterocycles. The molecule has 1 amide bonds. The van der Waals surface area contributed by atoms with Gasteiger partial charge in [0.1, 0.15) is 6.04 Å². The summed E-state index contributed by atoms with van der Waals surface area (Å²) in [5.41, 5.74) is 3.18. The first kappa shape index (κ1) is 21.8. The van der Waals surface area contributed by atoms with Gasteiger partial charge in [0.2, 0.25) is 11.8 Å². The Hall–Kier alpha value is -3.44. The van der Waals surface area contributed by atoms with Crippen LogP contribution in [0, 0.1) is 0 Å². The van der Waals surface area contributed by atoms with Gasteiger partial charge in [-0.2, -0.15) is 0 Å². The number of amides is 1. The van der Waals surface area contributed by atoms with Crippen LogP contribution in [-0.4, -0.2) is 16.1 Å². The maximum absolute atomic E-state index is 13.1. The van der Waals surface area contributed by atoms with Crippen molar-refractivity contribution in [2.45, 2.75) is 32.2 Å². The van der Waals surface area contributed by atoms with Gasteiger partial charge in [-0.3, -0.25) is 4.79 Å². The SMILES string of the molecule is CC(C)(C)c1ccc(C(=O)N[C@@H](c2nnc(-c3ccccc3)o2)c2ccccc2Cl)cc1. The number of hydrogen-bond acceptors (Lipinski definition) is 4. The molecule has 6 heteroatoms. The third-order valence-electron chi connectivity index (χ3n) is 5.21. The van der Waals surface area contributed by atoms with E-state index in [2.05, 4.69) is 36.3 Å². The van der Waals surface area contributed by atoms with Crippen molar-refractivity contribution in [1.82, 2.24) is 15.5 Å². The molecule has 0 fully saturated rings. The van der Waals surface area contributed by atoms with Gasteiger partial charge in [-0.05, 0) is 41.3 Å². The van der Waals surface area contributed by atoms with Gasteiger partial charge >= 0.3 is 0 Å². The second-order valence-corrected chi connectivity index (χ2v) is 8.97. The Balaban J connectivity index is 1.66. The largest absolute Gasteiger partial charge is 0.418 e. The number of nitrogens with one attached hydrogen (secondary N) is 1. The van der Waals surface area contributed by atoms with Crippen LogP contribution in [0.5, 0.6) is 0 Å². The number of carbonyl (C=O) groups excluding carboxylic acids is 1. The molecule has 162 valence electrons. The molecule has 5 nitrogen and oxygen atoms in total. The molecule has 0 saturated carbocycles. The van der Waals surface area contributed by atoms with Gasteiger partial charge in [0, 0.05) is 21.7 Å². The quantitative estimate of drug-likeness (QED) is 0.396. The summed E-state index contributed by atoms with van der Waals surface area (Å²) in [6.07, 6.45) is 0. The van der Waals surface area contributed by atoms with E-state index in [1.54, 1.807) is 6.07 Å². The Bertz CT molecular complexity index is 1210. The summed E-state index contributed by atoms with van der Waals surface area (Å²) in [6, 6.07) is 23.7. The molecule has 4 rings (SSSR count). The van der Waals surface area contributed by atoms with Crippen molar-refractivity contribution >= 4 is 17.5 Å². The molecule has 0 radical (unpaired) electrons. The van der Waals surface area contributed by atoms with Crippen LogP contribution in [0.2, 0.25) is 5.02 Å². The average molecular weight is 446 g/mol. The molecule has 0 aliphatic carbocycles. The summed E-state index contributed by atoms with van der Waals surface area (Å²) < 4.78 is 5.95. The fourth-order valence-corrected chi connectivity index (χ4v) is 3.61. The summed E-state index contributed by atoms with van der Waals surface area (Å²) in [6.45, 7) is 6.40. The minimum Gasteiger partial charge on any atom is -0.418 e. The predicted molar refractivity (Wildman–Crippen MR) is 126 cm³/mol. The molecular formula is C26H24ClN3O2. The Morgan fingerprint density at radius 1 is 0.906 bits per heavy atom. The highest BCUT2D eigenvalue weighted by Gasteiger charge is 2.26. The standard InChI is InChI=1S/C26H24ClN3O2/c1-26(2,3)19-15-13-17(14-16-19)23(31)28-22(20-11-7-8-12-21(20)27)25-30-29-24(32-25)18-9-5-4-6-10-18/h4-16,22H,1-3H3,(H,28,31)/t22-/m1/s1. The van der Waals surface area contributed by atoms with Crippen molar-refractivity contribution in [1.29, 1.82) is 0 Å². The Kier molecular flexibility index (Phi) is 6.10. The fourth-order valence-electron chi connectivity index (χ4n) is 3.37. The Morgan fingerprint density at radius 3 is 2.22 bits per heavy atom. The zero-order chi connectivity index (χ0) is 22.7. The normalized spacial score (nSPS) is 12.4. The highest BCUT2D eigenvalue weighted by molar-refractivity contribution is 6.31. The predicted octanol–water partition coefficient (Wildman–Crippen LogP) is 6.21. The van der Waals surface area contributed by atoms with Gasteiger partial charge in [-0.15, -0.1) is 10.2 Å². The molecule has 0 unspecified atom stereocenters. The molecule has 3 aromatic carbocycles. The van der Waals surface area contributed by atoms with Gasteiger partial charge in [-0.25, -0.2) is 0 Å². The first-order chi connectivity index (χ1) is 15.3. The molecule has 0 spiro atoms. The van der Waals surface area contributed by atoms with E-state index in [1.807, 2.05) is 72.8 Å². The van der Waals surface area contributed by atoms with E-state index in [1.165, 1.54) is 0 Å². The summed E-state index contributed by atoms with van der Waals surface area (Å²) in [7, 11) is 0. The smallest absolute Gasteiger partial charge is 0.252 e. The van der Waals surface area contributed by atoms with E-state index in [4.69, 9.17) is 16.0 Å². The lowest BCUT2D eigenvalue weighted by Crippen LogP contribution is -2.30. The first-order valence-electron chi connectivity index (χ1n) is 10.4. The number of nitrogens with zero attached hydrogens (tertiary/aromatic N) is 2. The Morgan fingerprint density at radius 2 is 1.56 bits per heavy atom. The Labute approximate surface area is 192 Å². The van der Waals surface area contributed by atoms with Crippen LogP contribution in [-0.2, 0) is 5.41 Å². The third-order valence-corrected chi connectivity index (χ3v) is 5.56. The van der Waals surface area contributed by atoms with Crippen LogP contribution in [0.3, 0.4) is 0 Å². The number of halogens is 1. The van der Waals surface area contributed by atoms with Crippen molar-refractivity contribution in [3.8, 4) is 11.5 Å². The number of hydrogen-bond donors (Lipinski definition) is 1. The van der Waals surface area contributed by atoms with E-state index in [9.17, 15) is 4.79 Å². The summed E-state index contributed by atoms with van der Waals surface area (Å²) in [4.78, 5) is 13.1. The lowest BCUT2D eigenvalue weighted by molar-refractivity contribution is 0.0938. The molecule has 32 heavy (non-hydrogen) atoms. The topological polar surface area (TPSA) is 68.0 Å². The molecule has 0 saturated heterocycles. The maximum atomic E-state index is 13.1. The molecule has 0 aliphatic heterocycles. The monoisotopic (exact) mass is 445 g/mol. The highest BCUT2D eigenvalue weighted by atomic mass is 35.5. The third kappa shape index (κ3) is 4.73. The molecule has 0 aliphatic rings. The highest BCUT2D eigenvalue weighted by Crippen LogP contribution is 2.30. The van der Waals surface area contributed by atoms with Gasteiger partial charge in [0.15, 0.2) is 0 Å². The molecule has 1 N–H and O–H groups in total. The molecule has 0 bridgehead atoms. The van der Waals surface area contributed by atoms with E-state index in [0.717, 1.165) is 11.1 Å². The first-order valence-corrected chi connectivity index (χ1v) is 10.8. The van der Waals surface area contributed by atoms with Crippen LogP contribution in [0.4, 0.5) is 0 Å². The van der Waals surface area contributed by atoms with Crippen LogP contribution >= 0.6 is 11.6 Å². The minimum atomic E-state index is -0.691. The lowest BCUT2D eigenvalue weighted by atomic mass is 9.86. The number of rotatable bonds is 5. The second kappa shape index (κ2) is 8.97. The van der Waals surface area contributed by atoms with E-state index in [0.29, 0.717) is 22.0 Å². The minimum absolute atomic E-state index is 0.00665. The van der Waals surface area contributed by atoms with E-state index < -0.39 is 6.04 Å². The van der Waals surface area contributed by atoms with Crippen LogP contribution in [0.25, 0.3) is 11.5 Å². The number of aromatic nitrogens is 2. The van der Waals surface area contributed by atoms with Crippen LogP contribution in [0.1, 0.15) is 54.2 Å².